The van der Waals surface area contributed by atoms with Crippen molar-refractivity contribution in [1.82, 2.24) is 4.90 Å². The van der Waals surface area contributed by atoms with Crippen LogP contribution in [-0.2, 0) is 0 Å². The molecule has 0 saturated carbocycles. The van der Waals surface area contributed by atoms with Crippen LogP contribution in [0, 0.1) is 3.57 Å². The number of rotatable bonds is 5. The molecule has 0 fully saturated rings. The SMILES string of the molecule is O=C(c1cccc(I)c1)N(CCO)CCO. The highest BCUT2D eigenvalue weighted by Crippen LogP contribution is 2.10. The van der Waals surface area contributed by atoms with Crippen molar-refractivity contribution < 1.29 is 15.0 Å². The molecule has 1 amide bonds. The fourth-order valence-electron chi connectivity index (χ4n) is 1.36. The van der Waals surface area contributed by atoms with Crippen LogP contribution >= 0.6 is 22.6 Å². The normalized spacial score (nSPS) is 10.2. The number of carbonyl (C=O) groups is 1. The number of aliphatic hydroxyl groups is 2. The summed E-state index contributed by atoms with van der Waals surface area (Å²) in [4.78, 5) is 13.4. The van der Waals surface area contributed by atoms with E-state index in [0.717, 1.165) is 3.57 Å². The standard InChI is InChI=1S/C11H14INO3/c12-10-3-1-2-9(8-10)11(16)13(4-6-14)5-7-15/h1-3,8,14-15H,4-7H2. The lowest BCUT2D eigenvalue weighted by atomic mass is 10.2. The number of amides is 1. The van der Waals surface area contributed by atoms with Crippen molar-refractivity contribution in [2.45, 2.75) is 0 Å². The van der Waals surface area contributed by atoms with Gasteiger partial charge in [0.1, 0.15) is 0 Å². The topological polar surface area (TPSA) is 60.8 Å². The Bertz CT molecular complexity index is 351. The molecule has 1 aromatic carbocycles. The van der Waals surface area contributed by atoms with E-state index in [1.54, 1.807) is 12.1 Å². The van der Waals surface area contributed by atoms with E-state index in [-0.39, 0.29) is 32.2 Å². The van der Waals surface area contributed by atoms with E-state index in [0.29, 0.717) is 5.56 Å². The second-order valence-electron chi connectivity index (χ2n) is 3.25. The van der Waals surface area contributed by atoms with E-state index in [1.807, 2.05) is 12.1 Å². The molecule has 0 saturated heterocycles. The molecule has 1 aromatic rings. The molecule has 0 radical (unpaired) electrons. The zero-order valence-corrected chi connectivity index (χ0v) is 10.9. The summed E-state index contributed by atoms with van der Waals surface area (Å²) in [6, 6.07) is 7.22. The van der Waals surface area contributed by atoms with Crippen LogP contribution in [0.25, 0.3) is 0 Å². The Kier molecular flexibility index (Phi) is 5.72. The van der Waals surface area contributed by atoms with E-state index >= 15 is 0 Å². The minimum atomic E-state index is -0.165. The van der Waals surface area contributed by atoms with Crippen LogP contribution in [0.15, 0.2) is 24.3 Å². The van der Waals surface area contributed by atoms with Gasteiger partial charge in [0, 0.05) is 22.2 Å². The summed E-state index contributed by atoms with van der Waals surface area (Å²) in [5.74, 6) is -0.165. The molecule has 5 heteroatoms. The monoisotopic (exact) mass is 335 g/mol. The maximum Gasteiger partial charge on any atom is 0.254 e. The Balaban J connectivity index is 2.81. The summed E-state index contributed by atoms with van der Waals surface area (Å²) in [6.07, 6.45) is 0. The summed E-state index contributed by atoms with van der Waals surface area (Å²) >= 11 is 2.14. The molecule has 0 aliphatic rings. The number of aliphatic hydroxyl groups excluding tert-OH is 2. The van der Waals surface area contributed by atoms with Gasteiger partial charge in [-0.2, -0.15) is 0 Å². The minimum absolute atomic E-state index is 0.102. The largest absolute Gasteiger partial charge is 0.395 e. The second-order valence-corrected chi connectivity index (χ2v) is 4.50. The minimum Gasteiger partial charge on any atom is -0.395 e. The molecule has 0 heterocycles. The smallest absolute Gasteiger partial charge is 0.254 e. The van der Waals surface area contributed by atoms with Gasteiger partial charge >= 0.3 is 0 Å². The maximum atomic E-state index is 12.0. The Morgan fingerprint density at radius 2 is 1.88 bits per heavy atom. The van der Waals surface area contributed by atoms with Gasteiger partial charge in [-0.05, 0) is 40.8 Å². The summed E-state index contributed by atoms with van der Waals surface area (Å²) < 4.78 is 0.983. The lowest BCUT2D eigenvalue weighted by Crippen LogP contribution is -2.35. The van der Waals surface area contributed by atoms with Gasteiger partial charge in [0.2, 0.25) is 0 Å². The van der Waals surface area contributed by atoms with Gasteiger partial charge in [-0.3, -0.25) is 4.79 Å². The molecule has 0 atom stereocenters. The van der Waals surface area contributed by atoms with Crippen LogP contribution in [-0.4, -0.2) is 47.3 Å². The molecule has 2 N–H and O–H groups in total. The van der Waals surface area contributed by atoms with Crippen LogP contribution in [0.5, 0.6) is 0 Å². The van der Waals surface area contributed by atoms with Gasteiger partial charge < -0.3 is 15.1 Å². The number of nitrogens with zero attached hydrogens (tertiary/aromatic N) is 1. The van der Waals surface area contributed by atoms with Crippen LogP contribution < -0.4 is 0 Å². The first-order valence-corrected chi connectivity index (χ1v) is 6.03. The molecular weight excluding hydrogens is 321 g/mol. The van der Waals surface area contributed by atoms with Crippen molar-refractivity contribution in [3.63, 3.8) is 0 Å². The number of benzene rings is 1. The number of halogens is 1. The highest BCUT2D eigenvalue weighted by molar-refractivity contribution is 14.1. The van der Waals surface area contributed by atoms with Crippen molar-refractivity contribution in [3.8, 4) is 0 Å². The van der Waals surface area contributed by atoms with Crippen molar-refractivity contribution in [3.05, 3.63) is 33.4 Å². The maximum absolute atomic E-state index is 12.0. The number of hydrogen-bond donors (Lipinski definition) is 2. The lowest BCUT2D eigenvalue weighted by Gasteiger charge is -2.20. The van der Waals surface area contributed by atoms with Crippen molar-refractivity contribution in [2.24, 2.45) is 0 Å². The predicted octanol–water partition coefficient (Wildman–Crippen LogP) is 0.718. The van der Waals surface area contributed by atoms with E-state index in [4.69, 9.17) is 10.2 Å². The molecule has 4 nitrogen and oxygen atoms in total. The van der Waals surface area contributed by atoms with Crippen LogP contribution in [0.2, 0.25) is 0 Å². The highest BCUT2D eigenvalue weighted by Gasteiger charge is 2.14. The third kappa shape index (κ3) is 3.73. The number of hydrogen-bond acceptors (Lipinski definition) is 3. The summed E-state index contributed by atoms with van der Waals surface area (Å²) in [7, 11) is 0. The quantitative estimate of drug-likeness (QED) is 0.780. The van der Waals surface area contributed by atoms with Crippen molar-refractivity contribution in [1.29, 1.82) is 0 Å². The van der Waals surface area contributed by atoms with Crippen molar-refractivity contribution >= 4 is 28.5 Å². The van der Waals surface area contributed by atoms with Gasteiger partial charge in [0.25, 0.3) is 5.91 Å². The van der Waals surface area contributed by atoms with Gasteiger partial charge in [0.15, 0.2) is 0 Å². The molecule has 0 unspecified atom stereocenters. The molecule has 16 heavy (non-hydrogen) atoms. The molecule has 88 valence electrons. The highest BCUT2D eigenvalue weighted by atomic mass is 127. The number of carbonyl (C=O) groups excluding carboxylic acids is 1. The van der Waals surface area contributed by atoms with Crippen LogP contribution in [0.3, 0.4) is 0 Å². The first kappa shape index (κ1) is 13.4. The van der Waals surface area contributed by atoms with Gasteiger partial charge in [-0.15, -0.1) is 0 Å². The summed E-state index contributed by atoms with van der Waals surface area (Å²) in [5, 5.41) is 17.7. The third-order valence-corrected chi connectivity index (χ3v) is 2.77. The van der Waals surface area contributed by atoms with Crippen molar-refractivity contribution in [2.75, 3.05) is 26.3 Å². The Labute approximate surface area is 108 Å². The average Bonchev–Trinajstić information content (AvgIpc) is 2.28. The fourth-order valence-corrected chi connectivity index (χ4v) is 1.90. The molecule has 0 aliphatic heterocycles. The summed E-state index contributed by atoms with van der Waals surface area (Å²) in [5.41, 5.74) is 0.578. The average molecular weight is 335 g/mol. The van der Waals surface area contributed by atoms with Crippen LogP contribution in [0.4, 0.5) is 0 Å². The molecule has 0 aromatic heterocycles. The van der Waals surface area contributed by atoms with Crippen LogP contribution in [0.1, 0.15) is 10.4 Å². The Morgan fingerprint density at radius 3 is 2.38 bits per heavy atom. The van der Waals surface area contributed by atoms with Gasteiger partial charge in [-0.1, -0.05) is 6.07 Å². The van der Waals surface area contributed by atoms with E-state index in [1.165, 1.54) is 4.90 Å². The fraction of sp³-hybridized carbons (Fsp3) is 0.364. The third-order valence-electron chi connectivity index (χ3n) is 2.10. The van der Waals surface area contributed by atoms with E-state index in [2.05, 4.69) is 22.6 Å². The molecule has 0 spiro atoms. The summed E-state index contributed by atoms with van der Waals surface area (Å²) in [6.45, 7) is 0.279. The zero-order chi connectivity index (χ0) is 12.0. The Morgan fingerprint density at radius 1 is 1.25 bits per heavy atom. The first-order valence-electron chi connectivity index (χ1n) is 4.95. The van der Waals surface area contributed by atoms with Gasteiger partial charge in [-0.25, -0.2) is 0 Å². The molecular formula is C11H14INO3. The molecule has 0 bridgehead atoms. The van der Waals surface area contributed by atoms with E-state index in [9.17, 15) is 4.79 Å². The van der Waals surface area contributed by atoms with E-state index < -0.39 is 0 Å². The Hall–Kier alpha value is -0.660. The predicted molar refractivity (Wildman–Crippen MR) is 69.2 cm³/mol. The zero-order valence-electron chi connectivity index (χ0n) is 8.77. The van der Waals surface area contributed by atoms with Gasteiger partial charge in [0.05, 0.1) is 13.2 Å². The lowest BCUT2D eigenvalue weighted by molar-refractivity contribution is 0.0685. The molecule has 1 rings (SSSR count). The second kappa shape index (κ2) is 6.82. The molecule has 0 aliphatic carbocycles. The first-order chi connectivity index (χ1) is 7.69.